The lowest BCUT2D eigenvalue weighted by molar-refractivity contribution is 0.628. The molecule has 0 spiro atoms. The highest BCUT2D eigenvalue weighted by Gasteiger charge is 2.15. The molecule has 0 bridgehead atoms. The van der Waals surface area contributed by atoms with Crippen molar-refractivity contribution in [3.05, 3.63) is 133 Å². The van der Waals surface area contributed by atoms with E-state index >= 15 is 0 Å². The Morgan fingerprint density at radius 1 is 0.475 bits per heavy atom. The molecule has 40 heavy (non-hydrogen) atoms. The van der Waals surface area contributed by atoms with E-state index in [9.17, 15) is 0 Å². The zero-order valence-electron chi connectivity index (χ0n) is 21.4. The number of furan rings is 1. The number of thiophene rings is 1. The number of fused-ring (bicyclic) bond motifs is 4. The van der Waals surface area contributed by atoms with Gasteiger partial charge in [-0.05, 0) is 47.5 Å². The predicted octanol–water partition coefficient (Wildman–Crippen LogP) is 10.3. The second-order valence-electron chi connectivity index (χ2n) is 9.86. The lowest BCUT2D eigenvalue weighted by Crippen LogP contribution is -1.95. The molecule has 4 heteroatoms. The maximum absolute atomic E-state index is 6.24. The molecule has 0 saturated heterocycles. The molecule has 0 aliphatic carbocycles. The zero-order valence-corrected chi connectivity index (χ0v) is 22.2. The lowest BCUT2D eigenvalue weighted by atomic mass is 10.0. The van der Waals surface area contributed by atoms with E-state index < -0.39 is 0 Å². The fraction of sp³-hybridized carbons (Fsp3) is 0. The van der Waals surface area contributed by atoms with Gasteiger partial charge in [0.2, 0.25) is 0 Å². The standard InChI is InChI=1S/C36H22N2OS/c1-2-8-23(9-3-1)24-14-16-25(17-15-24)36-37-30(22-31(38-36)33-21-27-10-4-6-12-32(27)39-33)26-18-19-35-29(20-26)28-11-5-7-13-34(28)40-35/h1-22H. The molecule has 3 aromatic heterocycles. The van der Waals surface area contributed by atoms with Crippen molar-refractivity contribution < 1.29 is 4.42 Å². The number of benzene rings is 5. The van der Waals surface area contributed by atoms with Crippen molar-refractivity contribution in [1.82, 2.24) is 9.97 Å². The van der Waals surface area contributed by atoms with Crippen LogP contribution in [0.2, 0.25) is 0 Å². The Balaban J connectivity index is 1.29. The quantitative estimate of drug-likeness (QED) is 0.227. The van der Waals surface area contributed by atoms with Crippen molar-refractivity contribution in [1.29, 1.82) is 0 Å². The third-order valence-electron chi connectivity index (χ3n) is 7.33. The molecule has 0 unspecified atom stereocenters. The molecule has 188 valence electrons. The van der Waals surface area contributed by atoms with Crippen LogP contribution in [0.1, 0.15) is 0 Å². The van der Waals surface area contributed by atoms with Crippen LogP contribution in [-0.4, -0.2) is 9.97 Å². The highest BCUT2D eigenvalue weighted by molar-refractivity contribution is 7.25. The number of nitrogens with zero attached hydrogens (tertiary/aromatic N) is 2. The highest BCUT2D eigenvalue weighted by Crippen LogP contribution is 2.37. The van der Waals surface area contributed by atoms with Crippen molar-refractivity contribution in [3.63, 3.8) is 0 Å². The molecule has 8 aromatic rings. The Bertz CT molecular complexity index is 2120. The van der Waals surface area contributed by atoms with Gasteiger partial charge >= 0.3 is 0 Å². The molecule has 0 aliphatic heterocycles. The summed E-state index contributed by atoms with van der Waals surface area (Å²) in [5.74, 6) is 1.40. The van der Waals surface area contributed by atoms with Gasteiger partial charge in [0.15, 0.2) is 11.6 Å². The highest BCUT2D eigenvalue weighted by atomic mass is 32.1. The first-order valence-electron chi connectivity index (χ1n) is 13.2. The van der Waals surface area contributed by atoms with E-state index in [1.54, 1.807) is 0 Å². The van der Waals surface area contributed by atoms with Crippen LogP contribution >= 0.6 is 11.3 Å². The van der Waals surface area contributed by atoms with Gasteiger partial charge in [-0.25, -0.2) is 9.97 Å². The van der Waals surface area contributed by atoms with Crippen LogP contribution in [0.5, 0.6) is 0 Å². The summed E-state index contributed by atoms with van der Waals surface area (Å²) in [6.45, 7) is 0. The van der Waals surface area contributed by atoms with E-state index in [0.29, 0.717) is 5.82 Å². The van der Waals surface area contributed by atoms with Gasteiger partial charge in [0.05, 0.1) is 5.69 Å². The summed E-state index contributed by atoms with van der Waals surface area (Å²) in [6, 6.07) is 46.2. The van der Waals surface area contributed by atoms with Crippen molar-refractivity contribution in [2.45, 2.75) is 0 Å². The van der Waals surface area contributed by atoms with Crippen LogP contribution in [0.25, 0.3) is 76.4 Å². The van der Waals surface area contributed by atoms with Crippen LogP contribution < -0.4 is 0 Å². The van der Waals surface area contributed by atoms with E-state index in [0.717, 1.165) is 44.8 Å². The van der Waals surface area contributed by atoms with Gasteiger partial charge in [-0.2, -0.15) is 0 Å². The average Bonchev–Trinajstić information content (AvgIpc) is 3.63. The Morgan fingerprint density at radius 2 is 1.15 bits per heavy atom. The second-order valence-corrected chi connectivity index (χ2v) is 10.9. The van der Waals surface area contributed by atoms with E-state index in [4.69, 9.17) is 14.4 Å². The first kappa shape index (κ1) is 22.9. The summed E-state index contributed by atoms with van der Waals surface area (Å²) in [6.07, 6.45) is 0. The second kappa shape index (κ2) is 9.30. The molecule has 0 radical (unpaired) electrons. The van der Waals surface area contributed by atoms with Gasteiger partial charge in [0, 0.05) is 36.7 Å². The largest absolute Gasteiger partial charge is 0.454 e. The van der Waals surface area contributed by atoms with Crippen LogP contribution in [0, 0.1) is 0 Å². The summed E-state index contributed by atoms with van der Waals surface area (Å²) < 4.78 is 8.80. The summed E-state index contributed by atoms with van der Waals surface area (Å²) >= 11 is 1.82. The molecule has 8 rings (SSSR count). The number of hydrogen-bond acceptors (Lipinski definition) is 4. The third kappa shape index (κ3) is 3.98. The minimum atomic E-state index is 0.669. The van der Waals surface area contributed by atoms with Crippen LogP contribution in [0.15, 0.2) is 138 Å². The molecule has 0 N–H and O–H groups in total. The summed E-state index contributed by atoms with van der Waals surface area (Å²) in [7, 11) is 0. The van der Waals surface area contributed by atoms with Gasteiger partial charge in [0.25, 0.3) is 0 Å². The van der Waals surface area contributed by atoms with Crippen LogP contribution in [-0.2, 0) is 0 Å². The number of rotatable bonds is 4. The Hall–Kier alpha value is -5.06. The first-order chi connectivity index (χ1) is 19.8. The van der Waals surface area contributed by atoms with Crippen molar-refractivity contribution in [3.8, 4) is 45.2 Å². The molecular formula is C36H22N2OS. The van der Waals surface area contributed by atoms with Gasteiger partial charge in [-0.15, -0.1) is 11.3 Å². The Kier molecular flexibility index (Phi) is 5.32. The zero-order chi connectivity index (χ0) is 26.5. The fourth-order valence-corrected chi connectivity index (χ4v) is 6.37. The summed E-state index contributed by atoms with van der Waals surface area (Å²) in [5, 5.41) is 3.57. The van der Waals surface area contributed by atoms with Gasteiger partial charge in [-0.1, -0.05) is 97.1 Å². The van der Waals surface area contributed by atoms with Crippen molar-refractivity contribution in [2.24, 2.45) is 0 Å². The minimum absolute atomic E-state index is 0.669. The molecule has 0 aliphatic rings. The SMILES string of the molecule is c1ccc(-c2ccc(-c3nc(-c4ccc5sc6ccccc6c5c4)cc(-c4cc5ccccc5o4)n3)cc2)cc1. The van der Waals surface area contributed by atoms with E-state index in [1.165, 1.54) is 25.7 Å². The summed E-state index contributed by atoms with van der Waals surface area (Å²) in [4.78, 5) is 10.1. The molecule has 3 heterocycles. The average molecular weight is 531 g/mol. The Labute approximate surface area is 235 Å². The molecule has 0 fully saturated rings. The van der Waals surface area contributed by atoms with Gasteiger partial charge < -0.3 is 4.42 Å². The number of hydrogen-bond donors (Lipinski definition) is 0. The molecule has 0 atom stereocenters. The topological polar surface area (TPSA) is 38.9 Å². The van der Waals surface area contributed by atoms with E-state index in [1.807, 2.05) is 41.7 Å². The number of aromatic nitrogens is 2. The number of para-hydroxylation sites is 1. The van der Waals surface area contributed by atoms with Crippen molar-refractivity contribution in [2.75, 3.05) is 0 Å². The minimum Gasteiger partial charge on any atom is -0.454 e. The van der Waals surface area contributed by atoms with Crippen LogP contribution in [0.4, 0.5) is 0 Å². The molecular weight excluding hydrogens is 508 g/mol. The molecule has 0 amide bonds. The van der Waals surface area contributed by atoms with E-state index in [-0.39, 0.29) is 0 Å². The lowest BCUT2D eigenvalue weighted by Gasteiger charge is -2.09. The van der Waals surface area contributed by atoms with E-state index in [2.05, 4.69) is 103 Å². The fourth-order valence-electron chi connectivity index (χ4n) is 5.29. The maximum Gasteiger partial charge on any atom is 0.160 e. The monoisotopic (exact) mass is 530 g/mol. The van der Waals surface area contributed by atoms with Crippen molar-refractivity contribution >= 4 is 42.5 Å². The smallest absolute Gasteiger partial charge is 0.160 e. The van der Waals surface area contributed by atoms with Crippen LogP contribution in [0.3, 0.4) is 0 Å². The molecule has 3 nitrogen and oxygen atoms in total. The maximum atomic E-state index is 6.24. The Morgan fingerprint density at radius 3 is 2.02 bits per heavy atom. The normalized spacial score (nSPS) is 11.5. The summed E-state index contributed by atoms with van der Waals surface area (Å²) in [5.41, 5.74) is 6.83. The van der Waals surface area contributed by atoms with Gasteiger partial charge in [0.1, 0.15) is 11.3 Å². The predicted molar refractivity (Wildman–Crippen MR) is 166 cm³/mol. The first-order valence-corrected chi connectivity index (χ1v) is 14.1. The molecule has 0 saturated carbocycles. The molecule has 5 aromatic carbocycles. The van der Waals surface area contributed by atoms with Gasteiger partial charge in [-0.3, -0.25) is 0 Å². The third-order valence-corrected chi connectivity index (χ3v) is 8.48.